The van der Waals surface area contributed by atoms with Crippen LogP contribution in [0, 0.1) is 0 Å². The first kappa shape index (κ1) is 16.2. The molecule has 0 aliphatic rings. The van der Waals surface area contributed by atoms with Gasteiger partial charge in [-0.15, -0.1) is 0 Å². The fourth-order valence-corrected chi connectivity index (χ4v) is 1.86. The number of aliphatic hydroxyl groups excluding tert-OH is 1. The summed E-state index contributed by atoms with van der Waals surface area (Å²) >= 11 is 0. The molecule has 0 unspecified atom stereocenters. The number of methoxy groups -OCH3 is 1. The monoisotopic (exact) mass is 279 g/mol. The van der Waals surface area contributed by atoms with Crippen molar-refractivity contribution in [2.75, 3.05) is 20.3 Å². The molecule has 1 aromatic carbocycles. The number of esters is 1. The van der Waals surface area contributed by atoms with Gasteiger partial charge in [0.1, 0.15) is 0 Å². The molecule has 20 heavy (non-hydrogen) atoms. The van der Waals surface area contributed by atoms with Crippen molar-refractivity contribution in [1.82, 2.24) is 5.32 Å². The van der Waals surface area contributed by atoms with Crippen molar-refractivity contribution >= 4 is 11.9 Å². The number of hydrogen-bond donors (Lipinski definition) is 2. The van der Waals surface area contributed by atoms with E-state index in [4.69, 9.17) is 5.11 Å². The maximum absolute atomic E-state index is 12.0. The molecular formula is C15H21NO4. The second kappa shape index (κ2) is 9.09. The summed E-state index contributed by atoms with van der Waals surface area (Å²) in [7, 11) is 1.29. The molecule has 1 rings (SSSR count). The minimum Gasteiger partial charge on any atom is -0.465 e. The second-order valence-corrected chi connectivity index (χ2v) is 4.43. The molecule has 1 aromatic rings. The highest BCUT2D eigenvalue weighted by atomic mass is 16.5. The Hall–Kier alpha value is -1.88. The third-order valence-corrected chi connectivity index (χ3v) is 2.95. The zero-order chi connectivity index (χ0) is 14.8. The normalized spacial score (nSPS) is 10.1. The Bertz CT molecular complexity index is 445. The number of ether oxygens (including phenoxy) is 1. The molecular weight excluding hydrogens is 258 g/mol. The minimum absolute atomic E-state index is 0.207. The van der Waals surface area contributed by atoms with E-state index in [2.05, 4.69) is 10.1 Å². The fourth-order valence-electron chi connectivity index (χ4n) is 1.86. The van der Waals surface area contributed by atoms with Crippen LogP contribution in [0.5, 0.6) is 0 Å². The number of aliphatic hydroxyl groups is 1. The van der Waals surface area contributed by atoms with E-state index in [9.17, 15) is 9.59 Å². The first-order valence-corrected chi connectivity index (χ1v) is 6.77. The number of unbranched alkanes of at least 4 members (excludes halogenated alkanes) is 3. The molecule has 0 radical (unpaired) electrons. The van der Waals surface area contributed by atoms with Crippen molar-refractivity contribution in [3.63, 3.8) is 0 Å². The van der Waals surface area contributed by atoms with Gasteiger partial charge in [0.05, 0.1) is 18.2 Å². The molecule has 0 spiro atoms. The van der Waals surface area contributed by atoms with Gasteiger partial charge in [-0.1, -0.05) is 25.0 Å². The highest BCUT2D eigenvalue weighted by molar-refractivity contribution is 6.05. The molecule has 5 heteroatoms. The summed E-state index contributed by atoms with van der Waals surface area (Å²) in [5, 5.41) is 11.4. The maximum atomic E-state index is 12.0. The Morgan fingerprint density at radius 1 is 1.10 bits per heavy atom. The number of hydrogen-bond acceptors (Lipinski definition) is 4. The third-order valence-electron chi connectivity index (χ3n) is 2.95. The van der Waals surface area contributed by atoms with Gasteiger partial charge in [-0.3, -0.25) is 4.79 Å². The van der Waals surface area contributed by atoms with E-state index in [1.807, 2.05) is 0 Å². The summed E-state index contributed by atoms with van der Waals surface area (Å²) in [5.74, 6) is -0.785. The van der Waals surface area contributed by atoms with Crippen LogP contribution in [0.4, 0.5) is 0 Å². The number of amides is 1. The average molecular weight is 279 g/mol. The van der Waals surface area contributed by atoms with Crippen LogP contribution in [-0.2, 0) is 4.74 Å². The van der Waals surface area contributed by atoms with Crippen LogP contribution in [0.1, 0.15) is 46.4 Å². The van der Waals surface area contributed by atoms with Gasteiger partial charge in [-0.2, -0.15) is 0 Å². The molecule has 110 valence electrons. The van der Waals surface area contributed by atoms with Crippen LogP contribution in [0.25, 0.3) is 0 Å². The Balaban J connectivity index is 2.49. The van der Waals surface area contributed by atoms with Gasteiger partial charge in [0.2, 0.25) is 0 Å². The first-order valence-electron chi connectivity index (χ1n) is 6.77. The zero-order valence-electron chi connectivity index (χ0n) is 11.7. The molecule has 0 bridgehead atoms. The molecule has 0 saturated heterocycles. The Kier molecular flexibility index (Phi) is 7.35. The summed E-state index contributed by atoms with van der Waals surface area (Å²) < 4.78 is 4.65. The summed E-state index contributed by atoms with van der Waals surface area (Å²) in [5.41, 5.74) is 0.600. The Labute approximate surface area is 118 Å². The van der Waals surface area contributed by atoms with Crippen molar-refractivity contribution in [3.8, 4) is 0 Å². The minimum atomic E-state index is -0.515. The first-order chi connectivity index (χ1) is 9.70. The van der Waals surface area contributed by atoms with Gasteiger partial charge in [0.15, 0.2) is 0 Å². The van der Waals surface area contributed by atoms with Gasteiger partial charge < -0.3 is 15.2 Å². The molecule has 1 amide bonds. The van der Waals surface area contributed by atoms with Gasteiger partial charge in [-0.05, 0) is 25.0 Å². The van der Waals surface area contributed by atoms with Crippen LogP contribution in [0.15, 0.2) is 24.3 Å². The van der Waals surface area contributed by atoms with Crippen LogP contribution in [-0.4, -0.2) is 37.2 Å². The van der Waals surface area contributed by atoms with Gasteiger partial charge in [-0.25, -0.2) is 4.79 Å². The van der Waals surface area contributed by atoms with E-state index < -0.39 is 5.97 Å². The maximum Gasteiger partial charge on any atom is 0.338 e. The molecule has 0 aliphatic heterocycles. The van der Waals surface area contributed by atoms with E-state index >= 15 is 0 Å². The van der Waals surface area contributed by atoms with Crippen molar-refractivity contribution in [3.05, 3.63) is 35.4 Å². The van der Waals surface area contributed by atoms with E-state index in [0.29, 0.717) is 12.1 Å². The van der Waals surface area contributed by atoms with E-state index in [0.717, 1.165) is 25.7 Å². The standard InChI is InChI=1S/C15H21NO4/c1-20-15(19)13-9-5-4-8-12(13)14(18)16-10-6-2-3-7-11-17/h4-5,8-9,17H,2-3,6-7,10-11H2,1H3,(H,16,18). The quantitative estimate of drug-likeness (QED) is 0.561. The summed E-state index contributed by atoms with van der Waals surface area (Å²) in [4.78, 5) is 23.6. The number of carbonyl (C=O) groups is 2. The number of benzene rings is 1. The second-order valence-electron chi connectivity index (χ2n) is 4.43. The number of carbonyl (C=O) groups excluding carboxylic acids is 2. The van der Waals surface area contributed by atoms with E-state index in [1.54, 1.807) is 24.3 Å². The van der Waals surface area contributed by atoms with Crippen LogP contribution < -0.4 is 5.32 Å². The van der Waals surface area contributed by atoms with E-state index in [-0.39, 0.29) is 18.1 Å². The largest absolute Gasteiger partial charge is 0.465 e. The molecule has 2 N–H and O–H groups in total. The van der Waals surface area contributed by atoms with Crippen molar-refractivity contribution < 1.29 is 19.4 Å². The zero-order valence-corrected chi connectivity index (χ0v) is 11.7. The molecule has 0 aromatic heterocycles. The van der Waals surface area contributed by atoms with Gasteiger partial charge >= 0.3 is 5.97 Å². The smallest absolute Gasteiger partial charge is 0.338 e. The molecule has 0 fully saturated rings. The summed E-state index contributed by atoms with van der Waals surface area (Å²) in [6.45, 7) is 0.763. The van der Waals surface area contributed by atoms with Crippen LogP contribution >= 0.6 is 0 Å². The lowest BCUT2D eigenvalue weighted by Gasteiger charge is -2.08. The highest BCUT2D eigenvalue weighted by Gasteiger charge is 2.16. The van der Waals surface area contributed by atoms with Crippen molar-refractivity contribution in [2.24, 2.45) is 0 Å². The fraction of sp³-hybridized carbons (Fsp3) is 0.467. The number of rotatable bonds is 8. The van der Waals surface area contributed by atoms with E-state index in [1.165, 1.54) is 7.11 Å². The molecule has 0 atom stereocenters. The van der Waals surface area contributed by atoms with Crippen molar-refractivity contribution in [1.29, 1.82) is 0 Å². The molecule has 0 aliphatic carbocycles. The lowest BCUT2D eigenvalue weighted by atomic mass is 10.1. The SMILES string of the molecule is COC(=O)c1ccccc1C(=O)NCCCCCCO. The lowest BCUT2D eigenvalue weighted by molar-refractivity contribution is 0.0596. The highest BCUT2D eigenvalue weighted by Crippen LogP contribution is 2.10. The molecule has 0 heterocycles. The number of nitrogens with one attached hydrogen (secondary N) is 1. The Morgan fingerprint density at radius 3 is 2.40 bits per heavy atom. The topological polar surface area (TPSA) is 75.6 Å². The summed E-state index contributed by atoms with van der Waals surface area (Å²) in [6.07, 6.45) is 3.55. The lowest BCUT2D eigenvalue weighted by Crippen LogP contribution is -2.26. The Morgan fingerprint density at radius 2 is 1.75 bits per heavy atom. The van der Waals surface area contributed by atoms with Crippen LogP contribution in [0.3, 0.4) is 0 Å². The van der Waals surface area contributed by atoms with Gasteiger partial charge in [0, 0.05) is 13.2 Å². The molecule has 0 saturated carbocycles. The van der Waals surface area contributed by atoms with Crippen LogP contribution in [0.2, 0.25) is 0 Å². The van der Waals surface area contributed by atoms with Crippen molar-refractivity contribution in [2.45, 2.75) is 25.7 Å². The summed E-state index contributed by atoms with van der Waals surface area (Å²) in [6, 6.07) is 6.58. The molecule has 5 nitrogen and oxygen atoms in total. The predicted octanol–water partition coefficient (Wildman–Crippen LogP) is 1.76. The predicted molar refractivity (Wildman–Crippen MR) is 75.7 cm³/mol. The van der Waals surface area contributed by atoms with Gasteiger partial charge in [0.25, 0.3) is 5.91 Å². The third kappa shape index (κ3) is 5.01. The average Bonchev–Trinajstić information content (AvgIpc) is 2.49.